The Labute approximate surface area is 93.1 Å². The summed E-state index contributed by atoms with van der Waals surface area (Å²) in [7, 11) is 1.47. The first-order chi connectivity index (χ1) is 7.72. The van der Waals surface area contributed by atoms with Gasteiger partial charge in [0.2, 0.25) is 0 Å². The van der Waals surface area contributed by atoms with E-state index < -0.39 is 5.97 Å². The molecule has 0 aromatic heterocycles. The first-order valence-electron chi connectivity index (χ1n) is 4.93. The van der Waals surface area contributed by atoms with Crippen molar-refractivity contribution < 1.29 is 19.0 Å². The summed E-state index contributed by atoms with van der Waals surface area (Å²) in [5.41, 5.74) is 6.45. The lowest BCUT2D eigenvalue weighted by atomic mass is 10.1. The smallest absolute Gasteiger partial charge is 0.342 e. The molecule has 5 nitrogen and oxygen atoms in total. The van der Waals surface area contributed by atoms with Crippen molar-refractivity contribution in [1.29, 1.82) is 0 Å². The molecule has 1 heterocycles. The minimum atomic E-state index is -0.433. The average Bonchev–Trinajstić information content (AvgIpc) is 2.22. The van der Waals surface area contributed by atoms with Crippen LogP contribution in [0, 0.1) is 0 Å². The minimum absolute atomic E-state index is 0.154. The van der Waals surface area contributed by atoms with Crippen molar-refractivity contribution >= 4 is 11.7 Å². The highest BCUT2D eigenvalue weighted by atomic mass is 16.6. The Morgan fingerprint density at radius 2 is 2.25 bits per heavy atom. The van der Waals surface area contributed by atoms with Gasteiger partial charge in [-0.1, -0.05) is 6.07 Å². The molecule has 0 atom stereocenters. The Kier molecular flexibility index (Phi) is 2.96. The van der Waals surface area contributed by atoms with Crippen molar-refractivity contribution in [3.05, 3.63) is 23.8 Å². The molecule has 0 radical (unpaired) electrons. The number of hydrogen-bond donors (Lipinski definition) is 1. The SMILES string of the molecule is COc1c(N)cccc1C(=O)OC1COC1. The van der Waals surface area contributed by atoms with Crippen molar-refractivity contribution in [2.24, 2.45) is 0 Å². The lowest BCUT2D eigenvalue weighted by Crippen LogP contribution is -2.37. The van der Waals surface area contributed by atoms with Gasteiger partial charge in [0.05, 0.1) is 26.0 Å². The Morgan fingerprint density at radius 3 is 2.81 bits per heavy atom. The molecule has 0 spiro atoms. The molecule has 2 N–H and O–H groups in total. The van der Waals surface area contributed by atoms with E-state index in [-0.39, 0.29) is 6.10 Å². The number of carbonyl (C=O) groups is 1. The Hall–Kier alpha value is -1.75. The number of anilines is 1. The molecule has 5 heteroatoms. The molecule has 0 amide bonds. The fourth-order valence-corrected chi connectivity index (χ4v) is 1.44. The quantitative estimate of drug-likeness (QED) is 0.607. The number of rotatable bonds is 3. The van der Waals surface area contributed by atoms with E-state index in [4.69, 9.17) is 19.9 Å². The largest absolute Gasteiger partial charge is 0.494 e. The zero-order chi connectivity index (χ0) is 11.5. The maximum atomic E-state index is 11.8. The summed E-state index contributed by atoms with van der Waals surface area (Å²) in [6.45, 7) is 0.909. The zero-order valence-electron chi connectivity index (χ0n) is 8.93. The number of carbonyl (C=O) groups excluding carboxylic acids is 1. The van der Waals surface area contributed by atoms with Crippen LogP contribution in [0.1, 0.15) is 10.4 Å². The van der Waals surface area contributed by atoms with Gasteiger partial charge in [0.25, 0.3) is 0 Å². The van der Waals surface area contributed by atoms with Crippen LogP contribution in [0.15, 0.2) is 18.2 Å². The van der Waals surface area contributed by atoms with E-state index in [2.05, 4.69) is 0 Å². The van der Waals surface area contributed by atoms with Crippen LogP contribution in [-0.4, -0.2) is 32.4 Å². The van der Waals surface area contributed by atoms with Gasteiger partial charge < -0.3 is 19.9 Å². The van der Waals surface area contributed by atoms with Crippen molar-refractivity contribution in [3.63, 3.8) is 0 Å². The monoisotopic (exact) mass is 223 g/mol. The van der Waals surface area contributed by atoms with Gasteiger partial charge in [0, 0.05) is 0 Å². The number of esters is 1. The summed E-state index contributed by atoms with van der Waals surface area (Å²) in [6, 6.07) is 4.98. The second-order valence-corrected chi connectivity index (χ2v) is 3.49. The second kappa shape index (κ2) is 4.40. The molecule has 2 rings (SSSR count). The highest BCUT2D eigenvalue weighted by Crippen LogP contribution is 2.27. The van der Waals surface area contributed by atoms with Crippen LogP contribution in [-0.2, 0) is 9.47 Å². The van der Waals surface area contributed by atoms with E-state index >= 15 is 0 Å². The lowest BCUT2D eigenvalue weighted by Gasteiger charge is -2.25. The van der Waals surface area contributed by atoms with Crippen LogP contribution in [0.3, 0.4) is 0 Å². The van der Waals surface area contributed by atoms with Crippen LogP contribution < -0.4 is 10.5 Å². The van der Waals surface area contributed by atoms with Gasteiger partial charge >= 0.3 is 5.97 Å². The molecule has 0 unspecified atom stereocenters. The Morgan fingerprint density at radius 1 is 1.50 bits per heavy atom. The number of hydrogen-bond acceptors (Lipinski definition) is 5. The standard InChI is InChI=1S/C11H13NO4/c1-14-10-8(3-2-4-9(10)12)11(13)16-7-5-15-6-7/h2-4,7H,5-6,12H2,1H3. The van der Waals surface area contributed by atoms with E-state index in [1.54, 1.807) is 18.2 Å². The van der Waals surface area contributed by atoms with Gasteiger partial charge in [-0.05, 0) is 12.1 Å². The van der Waals surface area contributed by atoms with E-state index in [1.165, 1.54) is 7.11 Å². The van der Waals surface area contributed by atoms with Gasteiger partial charge in [-0.15, -0.1) is 0 Å². The third-order valence-electron chi connectivity index (χ3n) is 2.35. The number of methoxy groups -OCH3 is 1. The second-order valence-electron chi connectivity index (χ2n) is 3.49. The fraction of sp³-hybridized carbons (Fsp3) is 0.364. The van der Waals surface area contributed by atoms with Crippen LogP contribution in [0.4, 0.5) is 5.69 Å². The maximum absolute atomic E-state index is 11.8. The number of benzene rings is 1. The molecule has 16 heavy (non-hydrogen) atoms. The number of para-hydroxylation sites is 1. The molecule has 1 aromatic rings. The third-order valence-corrected chi connectivity index (χ3v) is 2.35. The Balaban J connectivity index is 2.18. The molecule has 1 saturated heterocycles. The van der Waals surface area contributed by atoms with E-state index in [0.29, 0.717) is 30.2 Å². The molecule has 0 saturated carbocycles. The zero-order valence-corrected chi connectivity index (χ0v) is 8.93. The average molecular weight is 223 g/mol. The topological polar surface area (TPSA) is 70.8 Å². The van der Waals surface area contributed by atoms with E-state index in [9.17, 15) is 4.79 Å². The number of ether oxygens (including phenoxy) is 3. The molecular weight excluding hydrogens is 210 g/mol. The van der Waals surface area contributed by atoms with Crippen LogP contribution in [0.25, 0.3) is 0 Å². The lowest BCUT2D eigenvalue weighted by molar-refractivity contribution is -0.103. The van der Waals surface area contributed by atoms with Crippen molar-refractivity contribution in [1.82, 2.24) is 0 Å². The molecule has 0 aliphatic carbocycles. The van der Waals surface area contributed by atoms with Crippen molar-refractivity contribution in [2.75, 3.05) is 26.1 Å². The molecule has 0 bridgehead atoms. The van der Waals surface area contributed by atoms with Crippen LogP contribution in [0.2, 0.25) is 0 Å². The fourth-order valence-electron chi connectivity index (χ4n) is 1.44. The molecule has 1 aromatic carbocycles. The minimum Gasteiger partial charge on any atom is -0.494 e. The summed E-state index contributed by atoms with van der Waals surface area (Å²) in [6.07, 6.45) is -0.154. The summed E-state index contributed by atoms with van der Waals surface area (Å²) in [4.78, 5) is 11.8. The third kappa shape index (κ3) is 1.94. The predicted octanol–water partition coefficient (Wildman–Crippen LogP) is 0.833. The van der Waals surface area contributed by atoms with Gasteiger partial charge in [-0.25, -0.2) is 4.79 Å². The highest BCUT2D eigenvalue weighted by molar-refractivity contribution is 5.94. The molecule has 86 valence electrons. The van der Waals surface area contributed by atoms with Crippen LogP contribution in [0.5, 0.6) is 5.75 Å². The van der Waals surface area contributed by atoms with Crippen molar-refractivity contribution in [2.45, 2.75) is 6.10 Å². The maximum Gasteiger partial charge on any atom is 0.342 e. The van der Waals surface area contributed by atoms with Gasteiger partial charge in [-0.3, -0.25) is 0 Å². The van der Waals surface area contributed by atoms with Crippen molar-refractivity contribution in [3.8, 4) is 5.75 Å². The predicted molar refractivity (Wildman–Crippen MR) is 57.4 cm³/mol. The highest BCUT2D eigenvalue weighted by Gasteiger charge is 2.25. The van der Waals surface area contributed by atoms with Gasteiger partial charge in [-0.2, -0.15) is 0 Å². The molecular formula is C11H13NO4. The summed E-state index contributed by atoms with van der Waals surface area (Å²) in [5.74, 6) is -0.0785. The van der Waals surface area contributed by atoms with Crippen LogP contribution >= 0.6 is 0 Å². The van der Waals surface area contributed by atoms with E-state index in [0.717, 1.165) is 0 Å². The molecule has 1 aliphatic rings. The first-order valence-corrected chi connectivity index (χ1v) is 4.93. The van der Waals surface area contributed by atoms with Gasteiger partial charge in [0.1, 0.15) is 11.7 Å². The number of nitrogen functional groups attached to an aromatic ring is 1. The number of nitrogens with two attached hydrogens (primary N) is 1. The molecule has 1 fully saturated rings. The van der Waals surface area contributed by atoms with E-state index in [1.807, 2.05) is 0 Å². The Bertz CT molecular complexity index is 401. The first kappa shape index (κ1) is 10.8. The van der Waals surface area contributed by atoms with Gasteiger partial charge in [0.15, 0.2) is 5.75 Å². The summed E-state index contributed by atoms with van der Waals surface area (Å²) >= 11 is 0. The summed E-state index contributed by atoms with van der Waals surface area (Å²) in [5, 5.41) is 0. The molecule has 1 aliphatic heterocycles. The normalized spacial score (nSPS) is 15.3. The summed E-state index contributed by atoms with van der Waals surface area (Å²) < 4.78 is 15.2.